The highest BCUT2D eigenvalue weighted by atomic mass is 31.2. The lowest BCUT2D eigenvalue weighted by Crippen LogP contribution is -2.37. The number of nitrogens with two attached hydrogens (primary N) is 2. The summed E-state index contributed by atoms with van der Waals surface area (Å²) in [6.45, 7) is 9.53. The summed E-state index contributed by atoms with van der Waals surface area (Å²) in [6, 6.07) is -0.828. The monoisotopic (exact) mass is 451 g/mol. The molecule has 2 fully saturated rings. The zero-order chi connectivity index (χ0) is 22.6. The minimum Gasteiger partial charge on any atom is -0.465 e. The molecule has 0 radical (unpaired) electrons. The van der Waals surface area contributed by atoms with Crippen molar-refractivity contribution in [3.05, 3.63) is 18.2 Å². The summed E-state index contributed by atoms with van der Waals surface area (Å²) in [6.07, 6.45) is 1.64. The first kappa shape index (κ1) is 21.7. The quantitative estimate of drug-likeness (QED) is 0.445. The van der Waals surface area contributed by atoms with Gasteiger partial charge in [0.05, 0.1) is 24.9 Å². The number of carbonyl (C=O) groups excluding carboxylic acids is 1. The summed E-state index contributed by atoms with van der Waals surface area (Å²) in [5.74, 6) is -0.400. The molecule has 0 amide bonds. The number of nitrogen functional groups attached to an aromatic ring is 2. The molecule has 4 heterocycles. The maximum atomic E-state index is 13.5. The van der Waals surface area contributed by atoms with Crippen LogP contribution < -0.4 is 16.6 Å². The van der Waals surface area contributed by atoms with Crippen LogP contribution in [0.15, 0.2) is 18.2 Å². The molecule has 2 aliphatic heterocycles. The van der Waals surface area contributed by atoms with E-state index in [2.05, 4.69) is 26.6 Å². The second-order valence-corrected chi connectivity index (χ2v) is 9.92. The van der Waals surface area contributed by atoms with E-state index in [4.69, 9.17) is 25.5 Å². The Balaban J connectivity index is 1.60. The van der Waals surface area contributed by atoms with Gasteiger partial charge in [0.15, 0.2) is 11.5 Å². The molecule has 0 aliphatic carbocycles. The number of aromatic nitrogens is 4. The fourth-order valence-electron chi connectivity index (χ4n) is 4.05. The van der Waals surface area contributed by atoms with E-state index in [9.17, 15) is 9.36 Å². The van der Waals surface area contributed by atoms with Crippen LogP contribution in [-0.4, -0.2) is 50.3 Å². The summed E-state index contributed by atoms with van der Waals surface area (Å²) < 4.78 is 32.2. The normalized spacial score (nSPS) is 31.5. The van der Waals surface area contributed by atoms with Crippen molar-refractivity contribution in [3.8, 4) is 0 Å². The van der Waals surface area contributed by atoms with Gasteiger partial charge in [-0.15, -0.1) is 0 Å². The van der Waals surface area contributed by atoms with Gasteiger partial charge in [0.1, 0.15) is 23.4 Å². The van der Waals surface area contributed by atoms with Gasteiger partial charge in [0.25, 0.3) is 7.52 Å². The molecule has 2 aliphatic rings. The van der Waals surface area contributed by atoms with Crippen LogP contribution in [-0.2, 0) is 23.4 Å². The van der Waals surface area contributed by atoms with Gasteiger partial charge < -0.3 is 25.5 Å². The number of rotatable bonds is 5. The van der Waals surface area contributed by atoms with Crippen LogP contribution in [0.5, 0.6) is 0 Å². The smallest absolute Gasteiger partial charge is 0.323 e. The highest BCUT2D eigenvalue weighted by Crippen LogP contribution is 2.66. The predicted molar refractivity (Wildman–Crippen MR) is 113 cm³/mol. The molecular formula is C18H26N7O5P. The van der Waals surface area contributed by atoms with Crippen LogP contribution in [0.25, 0.3) is 11.2 Å². The van der Waals surface area contributed by atoms with E-state index >= 15 is 0 Å². The van der Waals surface area contributed by atoms with Crippen molar-refractivity contribution in [2.75, 3.05) is 24.7 Å². The third-order valence-electron chi connectivity index (χ3n) is 5.78. The van der Waals surface area contributed by atoms with Crippen molar-refractivity contribution < 1.29 is 23.4 Å². The van der Waals surface area contributed by atoms with Crippen molar-refractivity contribution in [1.82, 2.24) is 24.6 Å². The first-order chi connectivity index (χ1) is 14.6. The lowest BCUT2D eigenvalue weighted by atomic mass is 9.89. The third kappa shape index (κ3) is 3.39. The first-order valence-corrected chi connectivity index (χ1v) is 11.6. The minimum absolute atomic E-state index is 0.0303. The second-order valence-electron chi connectivity index (χ2n) is 7.76. The largest absolute Gasteiger partial charge is 0.465 e. The Bertz CT molecular complexity index is 1100. The van der Waals surface area contributed by atoms with Gasteiger partial charge in [0, 0.05) is 0 Å². The Hall–Kier alpha value is -2.53. The van der Waals surface area contributed by atoms with Crippen LogP contribution in [0.1, 0.15) is 33.4 Å². The number of nitrogens with zero attached hydrogens (tertiary/aromatic N) is 4. The average molecular weight is 451 g/mol. The van der Waals surface area contributed by atoms with Crippen molar-refractivity contribution in [2.45, 2.75) is 45.1 Å². The van der Waals surface area contributed by atoms with E-state index in [1.807, 2.05) is 6.92 Å². The van der Waals surface area contributed by atoms with Gasteiger partial charge in [-0.25, -0.2) is 10.1 Å². The summed E-state index contributed by atoms with van der Waals surface area (Å²) >= 11 is 0. The van der Waals surface area contributed by atoms with Crippen LogP contribution in [0, 0.1) is 5.92 Å². The van der Waals surface area contributed by atoms with Gasteiger partial charge in [-0.1, -0.05) is 13.5 Å². The number of nitrogens with one attached hydrogen (secondary N) is 1. The number of carbonyl (C=O) groups is 1. The van der Waals surface area contributed by atoms with Gasteiger partial charge in [0.2, 0.25) is 5.95 Å². The fraction of sp³-hybridized carbons (Fsp3) is 0.556. The summed E-state index contributed by atoms with van der Waals surface area (Å²) in [4.78, 5) is 24.4. The molecule has 12 nitrogen and oxygen atoms in total. The first-order valence-electron chi connectivity index (χ1n) is 9.93. The Labute approximate surface area is 178 Å². The molecule has 1 spiro atoms. The number of esters is 1. The highest BCUT2D eigenvalue weighted by molar-refractivity contribution is 7.61. The van der Waals surface area contributed by atoms with Crippen LogP contribution in [0.3, 0.4) is 0 Å². The highest BCUT2D eigenvalue weighted by Gasteiger charge is 2.60. The van der Waals surface area contributed by atoms with Gasteiger partial charge in [-0.3, -0.25) is 13.9 Å². The lowest BCUT2D eigenvalue weighted by molar-refractivity contribution is -0.144. The molecule has 0 saturated carbocycles. The van der Waals surface area contributed by atoms with Gasteiger partial charge in [-0.05, 0) is 26.2 Å². The molecular weight excluding hydrogens is 425 g/mol. The Morgan fingerprint density at radius 2 is 2.26 bits per heavy atom. The molecule has 31 heavy (non-hydrogen) atoms. The van der Waals surface area contributed by atoms with E-state index in [0.29, 0.717) is 17.6 Å². The molecule has 5 unspecified atom stereocenters. The van der Waals surface area contributed by atoms with Crippen LogP contribution in [0.2, 0.25) is 0 Å². The Kier molecular flexibility index (Phi) is 5.29. The zero-order valence-corrected chi connectivity index (χ0v) is 18.5. The van der Waals surface area contributed by atoms with Crippen molar-refractivity contribution >= 4 is 36.4 Å². The lowest BCUT2D eigenvalue weighted by Gasteiger charge is -2.28. The maximum absolute atomic E-state index is 13.5. The van der Waals surface area contributed by atoms with Gasteiger partial charge in [-0.2, -0.15) is 9.97 Å². The SMILES string of the molecule is C=C1C2(COP1(=O)NC(C)C(=O)OCC)OC(n1cnc3c(N)nc(N)nc31)CC2C. The second kappa shape index (κ2) is 7.56. The molecule has 0 aromatic carbocycles. The van der Waals surface area contributed by atoms with Crippen LogP contribution >= 0.6 is 7.52 Å². The van der Waals surface area contributed by atoms with E-state index in [1.165, 1.54) is 0 Å². The molecule has 5 atom stereocenters. The standard InChI is InChI=1S/C18H26N7O5P/c1-5-28-16(26)10(3)24-31(27)11(4)18(7-29-31)9(2)6-12(30-18)25-8-21-13-14(19)22-17(20)23-15(13)25/h8-10,12H,4-7H2,1-3H3,(H,24,27)(H4,19,20,22,23). The molecule has 2 aromatic heterocycles. The molecule has 5 N–H and O–H groups in total. The predicted octanol–water partition coefficient (Wildman–Crippen LogP) is 1.56. The van der Waals surface area contributed by atoms with E-state index < -0.39 is 31.4 Å². The Morgan fingerprint density at radius 3 is 2.97 bits per heavy atom. The number of ether oxygens (including phenoxy) is 2. The topological polar surface area (TPSA) is 170 Å². The van der Waals surface area contributed by atoms with Crippen molar-refractivity contribution in [1.29, 1.82) is 0 Å². The molecule has 13 heteroatoms. The minimum atomic E-state index is -3.57. The summed E-state index contributed by atoms with van der Waals surface area (Å²) in [7, 11) is -3.57. The molecule has 2 aromatic rings. The number of fused-ring (bicyclic) bond motifs is 1. The van der Waals surface area contributed by atoms with Gasteiger partial charge >= 0.3 is 5.97 Å². The molecule has 4 rings (SSSR count). The number of hydrogen-bond donors (Lipinski definition) is 3. The number of hydrogen-bond acceptors (Lipinski definition) is 10. The van der Waals surface area contributed by atoms with Crippen LogP contribution in [0.4, 0.5) is 11.8 Å². The van der Waals surface area contributed by atoms with E-state index in [1.54, 1.807) is 24.7 Å². The molecule has 168 valence electrons. The van der Waals surface area contributed by atoms with E-state index in [0.717, 1.165) is 0 Å². The molecule has 2 saturated heterocycles. The summed E-state index contributed by atoms with van der Waals surface area (Å²) in [5, 5.41) is 3.04. The van der Waals surface area contributed by atoms with Crippen molar-refractivity contribution in [3.63, 3.8) is 0 Å². The molecule has 0 bridgehead atoms. The zero-order valence-electron chi connectivity index (χ0n) is 17.6. The Morgan fingerprint density at radius 1 is 1.52 bits per heavy atom. The maximum Gasteiger partial charge on any atom is 0.323 e. The average Bonchev–Trinajstić information content (AvgIpc) is 3.34. The number of imidazole rings is 1. The third-order valence-corrected chi connectivity index (χ3v) is 8.09. The van der Waals surface area contributed by atoms with Crippen molar-refractivity contribution in [2.24, 2.45) is 5.92 Å². The summed E-state index contributed by atoms with van der Waals surface area (Å²) in [5.41, 5.74) is 11.5. The fourth-order valence-corrected chi connectivity index (χ4v) is 6.26. The van der Waals surface area contributed by atoms with E-state index in [-0.39, 0.29) is 36.2 Å². The number of anilines is 2.